The van der Waals surface area contributed by atoms with Crippen LogP contribution in [0.1, 0.15) is 6.92 Å². The van der Waals surface area contributed by atoms with Gasteiger partial charge in [0.2, 0.25) is 10.0 Å². The molecule has 0 aliphatic carbocycles. The maximum atomic E-state index is 11.5. The number of aliphatic hydroxyl groups excluding tert-OH is 1. The van der Waals surface area contributed by atoms with Gasteiger partial charge in [0.25, 0.3) is 0 Å². The van der Waals surface area contributed by atoms with Crippen LogP contribution in [-0.2, 0) is 10.0 Å². The van der Waals surface area contributed by atoms with Crippen LogP contribution in [0.2, 0.25) is 0 Å². The van der Waals surface area contributed by atoms with Crippen LogP contribution in [0.25, 0.3) is 0 Å². The van der Waals surface area contributed by atoms with E-state index in [0.29, 0.717) is 0 Å². The Hall–Kier alpha value is -0.980. The fourth-order valence-corrected chi connectivity index (χ4v) is 1.90. The molecule has 0 amide bonds. The van der Waals surface area contributed by atoms with Crippen LogP contribution in [0.5, 0.6) is 0 Å². The molecule has 0 aliphatic heterocycles. The Morgan fingerprint density at radius 3 is 2.86 bits per heavy atom. The first-order chi connectivity index (χ1) is 6.52. The van der Waals surface area contributed by atoms with E-state index in [1.165, 1.54) is 31.5 Å². The van der Waals surface area contributed by atoms with Crippen molar-refractivity contribution in [3.8, 4) is 0 Å². The van der Waals surface area contributed by atoms with Crippen LogP contribution in [0.4, 0.5) is 0 Å². The molecule has 1 heterocycles. The molecule has 0 aliphatic rings. The minimum absolute atomic E-state index is 0.00275. The largest absolute Gasteiger partial charge is 0.392 e. The van der Waals surface area contributed by atoms with Crippen LogP contribution in [0.3, 0.4) is 0 Å². The summed E-state index contributed by atoms with van der Waals surface area (Å²) >= 11 is 0. The van der Waals surface area contributed by atoms with Crippen molar-refractivity contribution in [2.24, 2.45) is 0 Å². The number of aromatic nitrogens is 1. The van der Waals surface area contributed by atoms with Gasteiger partial charge in [-0.1, -0.05) is 0 Å². The first kappa shape index (κ1) is 11.1. The topological polar surface area (TPSA) is 79.3 Å². The Balaban J connectivity index is 2.77. The molecule has 0 unspecified atom stereocenters. The second-order valence-corrected chi connectivity index (χ2v) is 4.66. The molecule has 0 aromatic carbocycles. The van der Waals surface area contributed by atoms with Gasteiger partial charge in [-0.25, -0.2) is 13.1 Å². The van der Waals surface area contributed by atoms with E-state index >= 15 is 0 Å². The highest BCUT2D eigenvalue weighted by Gasteiger charge is 2.13. The number of hydrogen-bond acceptors (Lipinski definition) is 4. The Labute approximate surface area is 82.9 Å². The normalized spacial score (nSPS) is 13.9. The van der Waals surface area contributed by atoms with Crippen LogP contribution in [-0.4, -0.2) is 31.2 Å². The summed E-state index contributed by atoms with van der Waals surface area (Å²) in [4.78, 5) is 3.79. The molecule has 5 nitrogen and oxygen atoms in total. The van der Waals surface area contributed by atoms with Gasteiger partial charge in [0.1, 0.15) is 4.90 Å². The van der Waals surface area contributed by atoms with Gasteiger partial charge in [-0.2, -0.15) is 0 Å². The molecular formula is C8H12N2O3S. The lowest BCUT2D eigenvalue weighted by molar-refractivity contribution is 0.198. The molecule has 0 fully saturated rings. The van der Waals surface area contributed by atoms with Crippen molar-refractivity contribution in [2.45, 2.75) is 17.9 Å². The predicted octanol–water partition coefficient (Wildman–Crippen LogP) is -0.259. The van der Waals surface area contributed by atoms with Crippen molar-refractivity contribution in [2.75, 3.05) is 6.54 Å². The van der Waals surface area contributed by atoms with Crippen molar-refractivity contribution >= 4 is 10.0 Å². The van der Waals surface area contributed by atoms with Gasteiger partial charge in [0.15, 0.2) is 0 Å². The van der Waals surface area contributed by atoms with Gasteiger partial charge in [-0.3, -0.25) is 4.98 Å². The van der Waals surface area contributed by atoms with E-state index in [0.717, 1.165) is 0 Å². The van der Waals surface area contributed by atoms with E-state index in [4.69, 9.17) is 5.11 Å². The molecule has 0 saturated heterocycles. The van der Waals surface area contributed by atoms with E-state index in [-0.39, 0.29) is 11.4 Å². The second kappa shape index (κ2) is 4.50. The zero-order chi connectivity index (χ0) is 10.6. The highest BCUT2D eigenvalue weighted by Crippen LogP contribution is 2.04. The zero-order valence-corrected chi connectivity index (χ0v) is 8.53. The number of pyridine rings is 1. The summed E-state index contributed by atoms with van der Waals surface area (Å²) in [5.74, 6) is 0. The first-order valence-electron chi connectivity index (χ1n) is 4.10. The van der Waals surface area contributed by atoms with E-state index < -0.39 is 16.1 Å². The van der Waals surface area contributed by atoms with Crippen molar-refractivity contribution in [3.63, 3.8) is 0 Å². The summed E-state index contributed by atoms with van der Waals surface area (Å²) in [5, 5.41) is 8.92. The third kappa shape index (κ3) is 3.06. The SMILES string of the molecule is C[C@@H](O)CNS(=O)(=O)c1cccnc1. The Morgan fingerprint density at radius 1 is 1.64 bits per heavy atom. The summed E-state index contributed by atoms with van der Waals surface area (Å²) in [6.07, 6.45) is 2.04. The summed E-state index contributed by atoms with van der Waals surface area (Å²) in [6.45, 7) is 1.50. The Bertz CT molecular complexity index is 375. The average molecular weight is 216 g/mol. The number of aliphatic hydroxyl groups is 1. The number of nitrogens with zero attached hydrogens (tertiary/aromatic N) is 1. The first-order valence-corrected chi connectivity index (χ1v) is 5.58. The summed E-state index contributed by atoms with van der Waals surface area (Å²) < 4.78 is 25.2. The Kier molecular flexibility index (Phi) is 3.56. The number of rotatable bonds is 4. The monoisotopic (exact) mass is 216 g/mol. The third-order valence-electron chi connectivity index (χ3n) is 1.51. The molecule has 0 radical (unpaired) electrons. The van der Waals surface area contributed by atoms with E-state index in [1.54, 1.807) is 0 Å². The van der Waals surface area contributed by atoms with Gasteiger partial charge in [-0.05, 0) is 19.1 Å². The predicted molar refractivity (Wildman–Crippen MR) is 51.1 cm³/mol. The van der Waals surface area contributed by atoms with Gasteiger partial charge < -0.3 is 5.11 Å². The lowest BCUT2D eigenvalue weighted by Crippen LogP contribution is -2.30. The van der Waals surface area contributed by atoms with Crippen LogP contribution >= 0.6 is 0 Å². The fourth-order valence-electron chi connectivity index (χ4n) is 0.820. The molecule has 0 bridgehead atoms. The van der Waals surface area contributed by atoms with E-state index in [1.807, 2.05) is 0 Å². The average Bonchev–Trinajstić information content (AvgIpc) is 2.16. The van der Waals surface area contributed by atoms with Crippen LogP contribution < -0.4 is 4.72 Å². The second-order valence-electron chi connectivity index (χ2n) is 2.89. The maximum absolute atomic E-state index is 11.5. The van der Waals surface area contributed by atoms with Crippen LogP contribution in [0.15, 0.2) is 29.4 Å². The van der Waals surface area contributed by atoms with Crippen LogP contribution in [0, 0.1) is 0 Å². The molecule has 1 atom stereocenters. The molecular weight excluding hydrogens is 204 g/mol. The fraction of sp³-hybridized carbons (Fsp3) is 0.375. The van der Waals surface area contributed by atoms with Crippen molar-refractivity contribution in [3.05, 3.63) is 24.5 Å². The minimum Gasteiger partial charge on any atom is -0.392 e. The molecule has 6 heteroatoms. The lowest BCUT2D eigenvalue weighted by atomic mass is 10.4. The molecule has 0 saturated carbocycles. The minimum atomic E-state index is -3.53. The smallest absolute Gasteiger partial charge is 0.242 e. The van der Waals surface area contributed by atoms with Gasteiger partial charge in [0, 0.05) is 18.9 Å². The number of sulfonamides is 1. The summed E-state index contributed by atoms with van der Waals surface area (Å²) in [6, 6.07) is 2.98. The van der Waals surface area contributed by atoms with E-state index in [9.17, 15) is 8.42 Å². The third-order valence-corrected chi connectivity index (χ3v) is 2.92. The number of hydrogen-bond donors (Lipinski definition) is 2. The Morgan fingerprint density at radius 2 is 2.36 bits per heavy atom. The molecule has 1 rings (SSSR count). The highest BCUT2D eigenvalue weighted by molar-refractivity contribution is 7.89. The molecule has 14 heavy (non-hydrogen) atoms. The van der Waals surface area contributed by atoms with Crippen molar-refractivity contribution in [1.29, 1.82) is 0 Å². The molecule has 78 valence electrons. The lowest BCUT2D eigenvalue weighted by Gasteiger charge is -2.07. The van der Waals surface area contributed by atoms with Gasteiger partial charge >= 0.3 is 0 Å². The molecule has 1 aromatic heterocycles. The quantitative estimate of drug-likeness (QED) is 0.726. The molecule has 1 aromatic rings. The standard InChI is InChI=1S/C8H12N2O3S/c1-7(11)5-10-14(12,13)8-3-2-4-9-6-8/h2-4,6-7,10-11H,5H2,1H3/t7-/m1/s1. The highest BCUT2D eigenvalue weighted by atomic mass is 32.2. The molecule has 2 N–H and O–H groups in total. The summed E-state index contributed by atoms with van der Waals surface area (Å²) in [7, 11) is -3.53. The maximum Gasteiger partial charge on any atom is 0.242 e. The summed E-state index contributed by atoms with van der Waals surface area (Å²) in [5.41, 5.74) is 0. The number of nitrogens with one attached hydrogen (secondary N) is 1. The molecule has 0 spiro atoms. The van der Waals surface area contributed by atoms with Gasteiger partial charge in [-0.15, -0.1) is 0 Å². The van der Waals surface area contributed by atoms with E-state index in [2.05, 4.69) is 9.71 Å². The van der Waals surface area contributed by atoms with Crippen molar-refractivity contribution < 1.29 is 13.5 Å². The van der Waals surface area contributed by atoms with Gasteiger partial charge in [0.05, 0.1) is 6.10 Å². The van der Waals surface area contributed by atoms with Crippen molar-refractivity contribution in [1.82, 2.24) is 9.71 Å². The zero-order valence-electron chi connectivity index (χ0n) is 7.71.